The molecular weight excluding hydrogens is 516 g/mol. The van der Waals surface area contributed by atoms with Crippen molar-refractivity contribution in [2.75, 3.05) is 0 Å². The SMILES string of the molecule is CCC(Oc1ccc(CCC(OCc2ccccc2)c2ccc(C(F)(F)F)cc2)c(Cl)c1Cl)C(=O)O. The molecule has 0 heterocycles. The van der Waals surface area contributed by atoms with Gasteiger partial charge in [-0.2, -0.15) is 13.2 Å². The highest BCUT2D eigenvalue weighted by Crippen LogP contribution is 2.37. The van der Waals surface area contributed by atoms with Crippen LogP contribution in [0.25, 0.3) is 0 Å². The molecule has 0 bridgehead atoms. The van der Waals surface area contributed by atoms with Crippen LogP contribution in [0.5, 0.6) is 5.75 Å². The first-order chi connectivity index (χ1) is 17.1. The number of carboxylic acids is 1. The normalized spacial score (nSPS) is 13.3. The van der Waals surface area contributed by atoms with Gasteiger partial charge in [-0.25, -0.2) is 4.79 Å². The molecule has 36 heavy (non-hydrogen) atoms. The second-order valence-corrected chi connectivity index (χ2v) is 8.90. The molecule has 3 aromatic carbocycles. The Hall–Kier alpha value is -2.74. The number of ether oxygens (including phenoxy) is 2. The summed E-state index contributed by atoms with van der Waals surface area (Å²) < 4.78 is 50.6. The van der Waals surface area contributed by atoms with Gasteiger partial charge in [-0.1, -0.05) is 78.7 Å². The third-order valence-electron chi connectivity index (χ3n) is 5.62. The summed E-state index contributed by atoms with van der Waals surface area (Å²) in [7, 11) is 0. The lowest BCUT2D eigenvalue weighted by molar-refractivity contribution is -0.145. The lowest BCUT2D eigenvalue weighted by atomic mass is 9.99. The predicted octanol–water partition coefficient (Wildman–Crippen LogP) is 8.14. The van der Waals surface area contributed by atoms with Crippen LogP contribution in [0.1, 0.15) is 48.1 Å². The van der Waals surface area contributed by atoms with Crippen molar-refractivity contribution in [2.24, 2.45) is 0 Å². The fraction of sp³-hybridized carbons (Fsp3) is 0.296. The van der Waals surface area contributed by atoms with Gasteiger partial charge >= 0.3 is 12.1 Å². The van der Waals surface area contributed by atoms with E-state index in [-0.39, 0.29) is 28.8 Å². The maximum absolute atomic E-state index is 13.0. The zero-order valence-electron chi connectivity index (χ0n) is 19.4. The van der Waals surface area contributed by atoms with E-state index in [9.17, 15) is 23.1 Å². The minimum absolute atomic E-state index is 0.102. The van der Waals surface area contributed by atoms with Crippen LogP contribution in [0.15, 0.2) is 66.7 Å². The van der Waals surface area contributed by atoms with Gasteiger partial charge in [-0.05, 0) is 54.2 Å². The Bertz CT molecular complexity index is 1150. The van der Waals surface area contributed by atoms with Crippen molar-refractivity contribution >= 4 is 29.2 Å². The molecule has 2 atom stereocenters. The topological polar surface area (TPSA) is 55.8 Å². The van der Waals surface area contributed by atoms with Crippen molar-refractivity contribution in [3.8, 4) is 5.75 Å². The highest BCUT2D eigenvalue weighted by molar-refractivity contribution is 6.43. The fourth-order valence-electron chi connectivity index (χ4n) is 3.61. The van der Waals surface area contributed by atoms with Gasteiger partial charge in [0.1, 0.15) is 10.8 Å². The molecular formula is C27H25Cl2F3O4. The van der Waals surface area contributed by atoms with Gasteiger partial charge in [0.25, 0.3) is 0 Å². The summed E-state index contributed by atoms with van der Waals surface area (Å²) in [5, 5.41) is 9.55. The minimum Gasteiger partial charge on any atom is -0.479 e. The number of hydrogen-bond acceptors (Lipinski definition) is 3. The van der Waals surface area contributed by atoms with E-state index in [0.717, 1.165) is 17.7 Å². The molecule has 0 spiro atoms. The molecule has 0 amide bonds. The number of rotatable bonds is 11. The van der Waals surface area contributed by atoms with E-state index < -0.39 is 29.9 Å². The third-order valence-corrected chi connectivity index (χ3v) is 6.53. The van der Waals surface area contributed by atoms with Crippen LogP contribution in [0.4, 0.5) is 13.2 Å². The Balaban J connectivity index is 1.78. The summed E-state index contributed by atoms with van der Waals surface area (Å²) in [4.78, 5) is 11.3. The van der Waals surface area contributed by atoms with E-state index in [2.05, 4.69) is 0 Å². The summed E-state index contributed by atoms with van der Waals surface area (Å²) in [6.45, 7) is 1.96. The summed E-state index contributed by atoms with van der Waals surface area (Å²) in [5.74, 6) is -0.942. The maximum atomic E-state index is 13.0. The first-order valence-corrected chi connectivity index (χ1v) is 12.0. The van der Waals surface area contributed by atoms with Gasteiger partial charge in [0, 0.05) is 0 Å². The van der Waals surface area contributed by atoms with Gasteiger partial charge in [-0.3, -0.25) is 0 Å². The summed E-state index contributed by atoms with van der Waals surface area (Å²) in [6.07, 6.45) is -4.91. The lowest BCUT2D eigenvalue weighted by Crippen LogP contribution is -2.26. The standard InChI is InChI=1S/C27H25Cl2F3O4/c1-2-21(26(33)34)36-23-15-11-19(24(28)25(23)29)10-14-22(35-16-17-6-4-3-5-7-17)18-8-12-20(13-9-18)27(30,31)32/h3-9,11-13,15,21-22H,2,10,14,16H2,1H3,(H,33,34). The number of carbonyl (C=O) groups is 1. The number of aryl methyl sites for hydroxylation is 1. The number of carboxylic acid groups (broad SMARTS) is 1. The smallest absolute Gasteiger partial charge is 0.416 e. The average Bonchev–Trinajstić information content (AvgIpc) is 2.86. The van der Waals surface area contributed by atoms with Crippen molar-refractivity contribution in [2.45, 2.75) is 51.2 Å². The van der Waals surface area contributed by atoms with Gasteiger partial charge in [0.2, 0.25) is 0 Å². The van der Waals surface area contributed by atoms with Crippen molar-refractivity contribution in [3.63, 3.8) is 0 Å². The number of halogens is 5. The number of benzene rings is 3. The van der Waals surface area contributed by atoms with E-state index in [4.69, 9.17) is 32.7 Å². The van der Waals surface area contributed by atoms with Crippen LogP contribution in [-0.4, -0.2) is 17.2 Å². The Labute approximate surface area is 217 Å². The molecule has 0 aliphatic rings. The molecule has 4 nitrogen and oxygen atoms in total. The molecule has 9 heteroatoms. The zero-order valence-corrected chi connectivity index (χ0v) is 20.9. The highest BCUT2D eigenvalue weighted by atomic mass is 35.5. The van der Waals surface area contributed by atoms with E-state index >= 15 is 0 Å². The van der Waals surface area contributed by atoms with Crippen LogP contribution < -0.4 is 4.74 Å². The molecule has 3 rings (SSSR count). The quantitative estimate of drug-likeness (QED) is 0.266. The molecule has 3 aromatic rings. The molecule has 0 aliphatic heterocycles. The Morgan fingerprint density at radius 3 is 2.22 bits per heavy atom. The van der Waals surface area contributed by atoms with E-state index in [0.29, 0.717) is 24.0 Å². The van der Waals surface area contributed by atoms with Crippen molar-refractivity contribution < 1.29 is 32.5 Å². The van der Waals surface area contributed by atoms with Gasteiger partial charge in [0.05, 0.1) is 23.3 Å². The molecule has 2 unspecified atom stereocenters. The third kappa shape index (κ3) is 7.38. The van der Waals surface area contributed by atoms with Crippen LogP contribution in [0.3, 0.4) is 0 Å². The van der Waals surface area contributed by atoms with Crippen molar-refractivity contribution in [1.29, 1.82) is 0 Å². The molecule has 0 aliphatic carbocycles. The van der Waals surface area contributed by atoms with Crippen molar-refractivity contribution in [3.05, 3.63) is 99.0 Å². The largest absolute Gasteiger partial charge is 0.479 e. The maximum Gasteiger partial charge on any atom is 0.416 e. The Kier molecular flexibility index (Phi) is 9.65. The fourth-order valence-corrected chi connectivity index (χ4v) is 4.09. The van der Waals surface area contributed by atoms with Gasteiger partial charge in [-0.15, -0.1) is 0 Å². The van der Waals surface area contributed by atoms with Crippen molar-refractivity contribution in [1.82, 2.24) is 0 Å². The van der Waals surface area contributed by atoms with Crippen LogP contribution >= 0.6 is 23.2 Å². The molecule has 1 N–H and O–H groups in total. The molecule has 0 radical (unpaired) electrons. The first kappa shape index (κ1) is 27.8. The van der Waals surface area contributed by atoms with Crippen LogP contribution in [0.2, 0.25) is 10.0 Å². The molecule has 0 aromatic heterocycles. The van der Waals surface area contributed by atoms with Crippen LogP contribution in [0, 0.1) is 0 Å². The predicted molar refractivity (Wildman–Crippen MR) is 133 cm³/mol. The average molecular weight is 541 g/mol. The highest BCUT2D eigenvalue weighted by Gasteiger charge is 2.30. The monoisotopic (exact) mass is 540 g/mol. The van der Waals surface area contributed by atoms with Gasteiger partial charge < -0.3 is 14.6 Å². The summed E-state index contributed by atoms with van der Waals surface area (Å²) in [6, 6.07) is 17.6. The molecule has 0 fully saturated rings. The van der Waals surface area contributed by atoms with E-state index in [1.165, 1.54) is 12.1 Å². The number of alkyl halides is 3. The van der Waals surface area contributed by atoms with E-state index in [1.807, 2.05) is 30.3 Å². The Morgan fingerprint density at radius 1 is 0.972 bits per heavy atom. The summed E-state index contributed by atoms with van der Waals surface area (Å²) >= 11 is 12.8. The Morgan fingerprint density at radius 2 is 1.64 bits per heavy atom. The summed E-state index contributed by atoms with van der Waals surface area (Å²) in [5.41, 5.74) is 1.48. The number of aliphatic carboxylic acids is 1. The second-order valence-electron chi connectivity index (χ2n) is 8.15. The van der Waals surface area contributed by atoms with Crippen LogP contribution in [-0.2, 0) is 28.7 Å². The molecule has 0 saturated carbocycles. The molecule has 192 valence electrons. The zero-order chi connectivity index (χ0) is 26.3. The second kappa shape index (κ2) is 12.5. The van der Waals surface area contributed by atoms with Gasteiger partial charge in [0.15, 0.2) is 6.10 Å². The minimum atomic E-state index is -4.43. The number of hydrogen-bond donors (Lipinski definition) is 1. The first-order valence-electron chi connectivity index (χ1n) is 11.3. The van der Waals surface area contributed by atoms with E-state index in [1.54, 1.807) is 19.1 Å². The molecule has 0 saturated heterocycles. The lowest BCUT2D eigenvalue weighted by Gasteiger charge is -2.20.